The zero-order valence-corrected chi connectivity index (χ0v) is 27.1. The quantitative estimate of drug-likeness (QED) is 0.342. The summed E-state index contributed by atoms with van der Waals surface area (Å²) < 4.78 is 49.4. The van der Waals surface area contributed by atoms with E-state index < -0.39 is 29.8 Å². The van der Waals surface area contributed by atoms with Crippen LogP contribution in [0.25, 0.3) is 11.0 Å². The molecule has 14 heteroatoms. The van der Waals surface area contributed by atoms with Crippen LogP contribution < -0.4 is 11.0 Å². The third-order valence-electron chi connectivity index (χ3n) is 9.79. The lowest BCUT2D eigenvalue weighted by Gasteiger charge is -2.38. The number of rotatable bonds is 7. The SMILES string of the molecule is CNc1c(Cl)cc(C[C@@H](OC(=O)N2CCC(n3c(=O)[nH]c4ccccc43)CC2)C(=O)N2CCC(N3CCCC3)CC2)cc1C(F)(F)F. The van der Waals surface area contributed by atoms with Crippen molar-refractivity contribution in [2.45, 2.75) is 69.3 Å². The lowest BCUT2D eigenvalue weighted by Crippen LogP contribution is -2.51. The van der Waals surface area contributed by atoms with Crippen LogP contribution in [0.3, 0.4) is 0 Å². The average molecular weight is 677 g/mol. The fourth-order valence-corrected chi connectivity index (χ4v) is 7.69. The second-order valence-corrected chi connectivity index (χ2v) is 13.1. The lowest BCUT2D eigenvalue weighted by molar-refractivity contribution is -0.142. The minimum Gasteiger partial charge on any atom is -0.436 e. The molecule has 3 aliphatic rings. The number of hydrogen-bond donors (Lipinski definition) is 2. The first-order valence-electron chi connectivity index (χ1n) is 16.3. The molecule has 3 saturated heterocycles. The van der Waals surface area contributed by atoms with Gasteiger partial charge in [0.15, 0.2) is 6.10 Å². The van der Waals surface area contributed by atoms with E-state index in [1.807, 2.05) is 24.3 Å². The van der Waals surface area contributed by atoms with Gasteiger partial charge in [-0.1, -0.05) is 23.7 Å². The number of ether oxygens (including phenoxy) is 1. The van der Waals surface area contributed by atoms with Crippen LogP contribution in [0.1, 0.15) is 55.7 Å². The molecular formula is C33H40ClF3N6O4. The van der Waals surface area contributed by atoms with E-state index in [9.17, 15) is 27.6 Å². The van der Waals surface area contributed by atoms with Crippen LogP contribution in [0.15, 0.2) is 41.2 Å². The number of amides is 2. The van der Waals surface area contributed by atoms with E-state index in [0.717, 1.165) is 43.0 Å². The van der Waals surface area contributed by atoms with Gasteiger partial charge in [0.25, 0.3) is 5.91 Å². The number of carbonyl (C=O) groups is 2. The minimum absolute atomic E-state index is 0.134. The number of alkyl halides is 3. The van der Waals surface area contributed by atoms with Gasteiger partial charge in [-0.2, -0.15) is 13.2 Å². The number of benzene rings is 2. The molecule has 3 aromatic rings. The van der Waals surface area contributed by atoms with E-state index in [1.165, 1.54) is 30.9 Å². The maximum absolute atomic E-state index is 14.0. The van der Waals surface area contributed by atoms with Crippen LogP contribution in [0, 0.1) is 0 Å². The van der Waals surface area contributed by atoms with Crippen LogP contribution in [-0.2, 0) is 22.1 Å². The van der Waals surface area contributed by atoms with E-state index in [-0.39, 0.29) is 34.4 Å². The maximum Gasteiger partial charge on any atom is 0.418 e. The molecule has 1 aromatic heterocycles. The van der Waals surface area contributed by atoms with Gasteiger partial charge >= 0.3 is 18.0 Å². The predicted molar refractivity (Wildman–Crippen MR) is 173 cm³/mol. The second-order valence-electron chi connectivity index (χ2n) is 12.7. The Bertz CT molecular complexity index is 1650. The standard InChI is InChI=1S/C33H40ClF3N6O4/c1-38-29-24(33(35,36)37)18-21(19-25(29)34)20-28(30(44)41-14-8-22(9-15-41)40-12-4-5-13-40)47-32(46)42-16-10-23(11-17-42)43-27-7-3-2-6-26(27)39-31(43)45/h2-3,6-7,18-19,22-23,28,38H,4-5,8-17,20H2,1H3,(H,39,45)/t28-/m1/s1. The van der Waals surface area contributed by atoms with E-state index in [2.05, 4.69) is 15.2 Å². The molecule has 2 N–H and O–H groups in total. The number of hydrogen-bond acceptors (Lipinski definition) is 6. The van der Waals surface area contributed by atoms with Gasteiger partial charge in [0.05, 0.1) is 27.3 Å². The molecule has 0 aliphatic carbocycles. The summed E-state index contributed by atoms with van der Waals surface area (Å²) in [5.41, 5.74) is 0.231. The molecule has 4 heterocycles. The summed E-state index contributed by atoms with van der Waals surface area (Å²) in [5.74, 6) is -0.430. The number of anilines is 1. The molecule has 10 nitrogen and oxygen atoms in total. The lowest BCUT2D eigenvalue weighted by atomic mass is 10.00. The molecule has 3 aliphatic heterocycles. The maximum atomic E-state index is 14.0. The summed E-state index contributed by atoms with van der Waals surface area (Å²) in [6.07, 6.45) is -2.10. The van der Waals surface area contributed by atoms with E-state index in [4.69, 9.17) is 16.3 Å². The number of piperidine rings is 2. The van der Waals surface area contributed by atoms with Crippen LogP contribution in [0.2, 0.25) is 5.02 Å². The number of nitrogens with one attached hydrogen (secondary N) is 2. The molecule has 1 atom stereocenters. The highest BCUT2D eigenvalue weighted by Crippen LogP contribution is 2.40. The number of nitrogens with zero attached hydrogens (tertiary/aromatic N) is 4. The summed E-state index contributed by atoms with van der Waals surface area (Å²) in [6, 6.07) is 10.0. The third-order valence-corrected chi connectivity index (χ3v) is 10.1. The fraction of sp³-hybridized carbons (Fsp3) is 0.545. The van der Waals surface area contributed by atoms with Gasteiger partial charge < -0.3 is 29.7 Å². The Morgan fingerprint density at radius 1 is 0.979 bits per heavy atom. The first-order valence-corrected chi connectivity index (χ1v) is 16.7. The highest BCUT2D eigenvalue weighted by atomic mass is 35.5. The molecule has 0 saturated carbocycles. The molecule has 0 radical (unpaired) electrons. The normalized spacial score (nSPS) is 19.3. The number of carbonyl (C=O) groups excluding carboxylic acids is 2. The summed E-state index contributed by atoms with van der Waals surface area (Å²) in [7, 11) is 1.36. The highest BCUT2D eigenvalue weighted by Gasteiger charge is 2.38. The van der Waals surface area contributed by atoms with Crippen LogP contribution in [-0.4, -0.2) is 94.7 Å². The van der Waals surface area contributed by atoms with Crippen molar-refractivity contribution in [3.8, 4) is 0 Å². The van der Waals surface area contributed by atoms with Gasteiger partial charge in [-0.25, -0.2) is 9.59 Å². The minimum atomic E-state index is -4.69. The first kappa shape index (κ1) is 33.2. The number of imidazole rings is 1. The van der Waals surface area contributed by atoms with Crippen molar-refractivity contribution < 1.29 is 27.5 Å². The molecule has 3 fully saturated rings. The van der Waals surface area contributed by atoms with E-state index in [1.54, 1.807) is 9.47 Å². The molecule has 0 unspecified atom stereocenters. The Morgan fingerprint density at radius 2 is 1.62 bits per heavy atom. The van der Waals surface area contributed by atoms with Gasteiger partial charge in [-0.15, -0.1) is 0 Å². The van der Waals surface area contributed by atoms with Crippen molar-refractivity contribution in [1.82, 2.24) is 24.3 Å². The predicted octanol–water partition coefficient (Wildman–Crippen LogP) is 5.52. The number of aromatic nitrogens is 2. The zero-order valence-electron chi connectivity index (χ0n) is 26.3. The zero-order chi connectivity index (χ0) is 33.3. The Hall–Kier alpha value is -3.71. The third kappa shape index (κ3) is 7.11. The number of fused-ring (bicyclic) bond motifs is 1. The molecular weight excluding hydrogens is 637 g/mol. The molecule has 6 rings (SSSR count). The van der Waals surface area contributed by atoms with Gasteiger partial charge in [-0.3, -0.25) is 9.36 Å². The van der Waals surface area contributed by atoms with E-state index in [0.29, 0.717) is 45.1 Å². The number of H-pyrrole nitrogens is 1. The highest BCUT2D eigenvalue weighted by molar-refractivity contribution is 6.33. The Kier molecular flexibility index (Phi) is 9.75. The van der Waals surface area contributed by atoms with Gasteiger partial charge in [-0.05, 0) is 81.4 Å². The van der Waals surface area contributed by atoms with Crippen molar-refractivity contribution in [2.75, 3.05) is 51.6 Å². The van der Waals surface area contributed by atoms with Gasteiger partial charge in [0.1, 0.15) is 0 Å². The number of para-hydroxylation sites is 2. The van der Waals surface area contributed by atoms with Crippen LogP contribution in [0.4, 0.5) is 23.7 Å². The summed E-state index contributed by atoms with van der Waals surface area (Å²) in [5, 5.41) is 2.37. The monoisotopic (exact) mass is 676 g/mol. The topological polar surface area (TPSA) is 103 Å². The summed E-state index contributed by atoms with van der Waals surface area (Å²) in [4.78, 5) is 48.6. The largest absolute Gasteiger partial charge is 0.436 e. The molecule has 2 aromatic carbocycles. The second kappa shape index (κ2) is 13.8. The smallest absolute Gasteiger partial charge is 0.418 e. The van der Waals surface area contributed by atoms with E-state index >= 15 is 0 Å². The summed E-state index contributed by atoms with van der Waals surface area (Å²) >= 11 is 6.26. The number of aromatic amines is 1. The van der Waals surface area contributed by atoms with Crippen molar-refractivity contribution in [1.29, 1.82) is 0 Å². The molecule has 2 amide bonds. The molecule has 0 bridgehead atoms. The first-order chi connectivity index (χ1) is 22.5. The van der Waals surface area contributed by atoms with Crippen LogP contribution >= 0.6 is 11.6 Å². The van der Waals surface area contributed by atoms with Crippen LogP contribution in [0.5, 0.6) is 0 Å². The summed E-state index contributed by atoms with van der Waals surface area (Å²) in [6.45, 7) is 3.64. The average Bonchev–Trinajstić information content (AvgIpc) is 3.71. The number of likely N-dealkylation sites (tertiary alicyclic amines) is 3. The van der Waals surface area contributed by atoms with Gasteiger partial charge in [0, 0.05) is 51.7 Å². The Labute approximate surface area is 275 Å². The van der Waals surface area contributed by atoms with Gasteiger partial charge in [0.2, 0.25) is 0 Å². The molecule has 47 heavy (non-hydrogen) atoms. The number of halogens is 4. The van der Waals surface area contributed by atoms with Crippen molar-refractivity contribution in [2.24, 2.45) is 0 Å². The van der Waals surface area contributed by atoms with Crippen molar-refractivity contribution in [3.63, 3.8) is 0 Å². The van der Waals surface area contributed by atoms with Crippen molar-refractivity contribution >= 4 is 40.3 Å². The Balaban J connectivity index is 1.18. The fourth-order valence-electron chi connectivity index (χ4n) is 7.35. The molecule has 254 valence electrons. The Morgan fingerprint density at radius 3 is 2.28 bits per heavy atom. The van der Waals surface area contributed by atoms with Crippen molar-refractivity contribution in [3.05, 3.63) is 63.0 Å². The molecule has 0 spiro atoms.